The van der Waals surface area contributed by atoms with Gasteiger partial charge in [0, 0.05) is 44.2 Å². The van der Waals surface area contributed by atoms with Crippen LogP contribution in [0.25, 0.3) is 10.9 Å². The SMILES string of the molecule is CCN(C)CCOc1ccc2c(c1)CN(C(=O)c1cc3c(C(=O)N4CCCCC4)n[nH]c3cc1O)C2. The second kappa shape index (κ2) is 10.2. The van der Waals surface area contributed by atoms with Gasteiger partial charge in [0.05, 0.1) is 11.1 Å². The van der Waals surface area contributed by atoms with E-state index in [0.29, 0.717) is 49.4 Å². The number of piperidine rings is 1. The molecule has 0 atom stereocenters. The lowest BCUT2D eigenvalue weighted by Gasteiger charge is -2.26. The first-order valence-corrected chi connectivity index (χ1v) is 12.7. The number of likely N-dealkylation sites (N-methyl/N-ethyl adjacent to an activating group) is 1. The van der Waals surface area contributed by atoms with E-state index in [1.54, 1.807) is 11.0 Å². The normalized spacial score (nSPS) is 15.5. The van der Waals surface area contributed by atoms with E-state index >= 15 is 0 Å². The number of phenols is 1. The summed E-state index contributed by atoms with van der Waals surface area (Å²) in [5.41, 5.74) is 3.09. The van der Waals surface area contributed by atoms with Gasteiger partial charge in [-0.1, -0.05) is 13.0 Å². The lowest BCUT2D eigenvalue weighted by atomic mass is 10.1. The van der Waals surface area contributed by atoms with Gasteiger partial charge in [-0.3, -0.25) is 14.7 Å². The number of carbonyl (C=O) groups excluding carboxylic acids is 2. The fourth-order valence-electron chi connectivity index (χ4n) is 4.89. The zero-order chi connectivity index (χ0) is 25.2. The molecule has 2 aromatic carbocycles. The molecule has 1 saturated heterocycles. The monoisotopic (exact) mass is 491 g/mol. The topological polar surface area (TPSA) is 102 Å². The van der Waals surface area contributed by atoms with Gasteiger partial charge in [-0.05, 0) is 62.2 Å². The van der Waals surface area contributed by atoms with Crippen LogP contribution in [0.4, 0.5) is 0 Å². The van der Waals surface area contributed by atoms with Gasteiger partial charge in [0.25, 0.3) is 11.8 Å². The predicted molar refractivity (Wildman–Crippen MR) is 136 cm³/mol. The first kappa shape index (κ1) is 24.1. The Hall–Kier alpha value is -3.59. The third kappa shape index (κ3) is 4.75. The van der Waals surface area contributed by atoms with Crippen LogP contribution in [0.15, 0.2) is 30.3 Å². The van der Waals surface area contributed by atoms with Crippen molar-refractivity contribution in [3.63, 3.8) is 0 Å². The molecule has 190 valence electrons. The first-order chi connectivity index (χ1) is 17.4. The van der Waals surface area contributed by atoms with E-state index in [4.69, 9.17) is 4.74 Å². The number of hydrogen-bond donors (Lipinski definition) is 2. The molecule has 1 aromatic heterocycles. The fraction of sp³-hybridized carbons (Fsp3) is 0.444. The smallest absolute Gasteiger partial charge is 0.274 e. The number of nitrogens with zero attached hydrogens (tertiary/aromatic N) is 4. The van der Waals surface area contributed by atoms with E-state index in [0.717, 1.165) is 49.2 Å². The van der Waals surface area contributed by atoms with Crippen molar-refractivity contribution in [2.24, 2.45) is 0 Å². The molecule has 0 saturated carbocycles. The number of phenolic OH excluding ortho intramolecular Hbond substituents is 1. The Morgan fingerprint density at radius 1 is 1.06 bits per heavy atom. The minimum absolute atomic E-state index is 0.131. The Morgan fingerprint density at radius 3 is 2.61 bits per heavy atom. The van der Waals surface area contributed by atoms with E-state index in [-0.39, 0.29) is 23.1 Å². The molecule has 2 amide bonds. The molecule has 0 unspecified atom stereocenters. The highest BCUT2D eigenvalue weighted by Crippen LogP contribution is 2.32. The van der Waals surface area contributed by atoms with Crippen molar-refractivity contribution in [3.8, 4) is 11.5 Å². The third-order valence-electron chi connectivity index (χ3n) is 7.22. The molecule has 5 rings (SSSR count). The molecule has 9 heteroatoms. The second-order valence-electron chi connectivity index (χ2n) is 9.68. The van der Waals surface area contributed by atoms with Crippen LogP contribution in [0.5, 0.6) is 11.5 Å². The van der Waals surface area contributed by atoms with Crippen LogP contribution < -0.4 is 4.74 Å². The number of likely N-dealkylation sites (tertiary alicyclic amines) is 1. The Labute approximate surface area is 210 Å². The highest BCUT2D eigenvalue weighted by atomic mass is 16.5. The number of benzene rings is 2. The molecule has 3 heterocycles. The number of amides is 2. The second-order valence-corrected chi connectivity index (χ2v) is 9.68. The minimum atomic E-state index is -0.282. The molecular formula is C27H33N5O4. The van der Waals surface area contributed by atoms with Crippen molar-refractivity contribution in [2.45, 2.75) is 39.3 Å². The molecule has 36 heavy (non-hydrogen) atoms. The molecule has 9 nitrogen and oxygen atoms in total. The lowest BCUT2D eigenvalue weighted by molar-refractivity contribution is 0.0717. The average molecular weight is 492 g/mol. The van der Waals surface area contributed by atoms with Gasteiger partial charge in [-0.2, -0.15) is 5.10 Å². The number of hydrogen-bond acceptors (Lipinski definition) is 6. The molecule has 2 N–H and O–H groups in total. The van der Waals surface area contributed by atoms with Crippen LogP contribution in [0, 0.1) is 0 Å². The van der Waals surface area contributed by atoms with Gasteiger partial charge in [0.1, 0.15) is 18.1 Å². The Kier molecular flexibility index (Phi) is 6.82. The summed E-state index contributed by atoms with van der Waals surface area (Å²) in [4.78, 5) is 32.2. The van der Waals surface area contributed by atoms with Gasteiger partial charge < -0.3 is 24.5 Å². The summed E-state index contributed by atoms with van der Waals surface area (Å²) < 4.78 is 5.90. The summed E-state index contributed by atoms with van der Waals surface area (Å²) >= 11 is 0. The maximum absolute atomic E-state index is 13.5. The summed E-state index contributed by atoms with van der Waals surface area (Å²) in [5.74, 6) is 0.232. The minimum Gasteiger partial charge on any atom is -0.507 e. The largest absolute Gasteiger partial charge is 0.507 e. The number of aromatic amines is 1. The van der Waals surface area contributed by atoms with Crippen LogP contribution in [-0.4, -0.2) is 81.7 Å². The molecule has 1 fully saturated rings. The summed E-state index contributed by atoms with van der Waals surface area (Å²) in [7, 11) is 2.05. The Morgan fingerprint density at radius 2 is 1.83 bits per heavy atom. The molecule has 0 bridgehead atoms. The maximum atomic E-state index is 13.5. The summed E-state index contributed by atoms with van der Waals surface area (Å²) in [5, 5.41) is 18.3. The number of nitrogens with one attached hydrogen (secondary N) is 1. The Balaban J connectivity index is 1.33. The van der Waals surface area contributed by atoms with Gasteiger partial charge in [0.15, 0.2) is 5.69 Å². The van der Waals surface area contributed by atoms with E-state index in [9.17, 15) is 14.7 Å². The van der Waals surface area contributed by atoms with Crippen molar-refractivity contribution in [3.05, 3.63) is 52.7 Å². The zero-order valence-electron chi connectivity index (χ0n) is 20.9. The highest BCUT2D eigenvalue weighted by molar-refractivity contribution is 6.08. The van der Waals surface area contributed by atoms with Crippen LogP contribution in [0.2, 0.25) is 0 Å². The van der Waals surface area contributed by atoms with E-state index < -0.39 is 0 Å². The van der Waals surface area contributed by atoms with Crippen molar-refractivity contribution in [1.29, 1.82) is 0 Å². The zero-order valence-corrected chi connectivity index (χ0v) is 20.9. The van der Waals surface area contributed by atoms with Crippen LogP contribution in [0.1, 0.15) is 58.2 Å². The quantitative estimate of drug-likeness (QED) is 0.525. The standard InChI is InChI=1S/C27H33N5O4/c1-3-30(2)11-12-36-20-8-7-18-16-32(17-19(18)13-20)26(34)22-14-21-23(15-24(22)33)28-29-25(21)27(35)31-9-5-4-6-10-31/h7-8,13-15,33H,3-6,9-12,16-17H2,1-2H3,(H,28,29). The van der Waals surface area contributed by atoms with E-state index in [1.165, 1.54) is 6.07 Å². The van der Waals surface area contributed by atoms with Crippen LogP contribution >= 0.6 is 0 Å². The third-order valence-corrected chi connectivity index (χ3v) is 7.22. The van der Waals surface area contributed by atoms with Gasteiger partial charge in [-0.25, -0.2) is 0 Å². The molecule has 0 spiro atoms. The Bertz CT molecular complexity index is 1280. The van der Waals surface area contributed by atoms with E-state index in [1.807, 2.05) is 23.1 Å². The number of aromatic nitrogens is 2. The highest BCUT2D eigenvalue weighted by Gasteiger charge is 2.29. The molecule has 2 aliphatic heterocycles. The maximum Gasteiger partial charge on any atom is 0.274 e. The fourth-order valence-corrected chi connectivity index (χ4v) is 4.89. The van der Waals surface area contributed by atoms with Gasteiger partial charge >= 0.3 is 0 Å². The number of aromatic hydroxyl groups is 1. The first-order valence-electron chi connectivity index (χ1n) is 12.7. The van der Waals surface area contributed by atoms with Crippen molar-refractivity contribution in [2.75, 3.05) is 39.8 Å². The number of ether oxygens (including phenoxy) is 1. The van der Waals surface area contributed by atoms with Crippen LogP contribution in [-0.2, 0) is 13.1 Å². The number of H-pyrrole nitrogens is 1. The lowest BCUT2D eigenvalue weighted by Crippen LogP contribution is -2.35. The summed E-state index contributed by atoms with van der Waals surface area (Å²) in [6.45, 7) is 6.83. The van der Waals surface area contributed by atoms with Crippen LogP contribution in [0.3, 0.4) is 0 Å². The molecule has 3 aromatic rings. The molecule has 2 aliphatic rings. The average Bonchev–Trinajstić information content (AvgIpc) is 3.51. The van der Waals surface area contributed by atoms with Gasteiger partial charge in [-0.15, -0.1) is 0 Å². The van der Waals surface area contributed by atoms with Crippen molar-refractivity contribution in [1.82, 2.24) is 24.9 Å². The van der Waals surface area contributed by atoms with E-state index in [2.05, 4.69) is 29.1 Å². The summed E-state index contributed by atoms with van der Waals surface area (Å²) in [6.07, 6.45) is 3.09. The number of carbonyl (C=O) groups is 2. The molecule has 0 aliphatic carbocycles. The van der Waals surface area contributed by atoms with Gasteiger partial charge in [0.2, 0.25) is 0 Å². The van der Waals surface area contributed by atoms with Crippen molar-refractivity contribution >= 4 is 22.7 Å². The molecule has 0 radical (unpaired) electrons. The summed E-state index contributed by atoms with van der Waals surface area (Å²) in [6, 6.07) is 8.99. The predicted octanol–water partition coefficient (Wildman–Crippen LogP) is 3.38. The number of fused-ring (bicyclic) bond motifs is 2. The van der Waals surface area contributed by atoms with Crippen molar-refractivity contribution < 1.29 is 19.4 Å². The number of rotatable bonds is 7. The molecular weight excluding hydrogens is 458 g/mol.